The van der Waals surface area contributed by atoms with Crippen molar-refractivity contribution in [2.24, 2.45) is 0 Å². The number of nitrogens with zero attached hydrogens (tertiary/aromatic N) is 3. The number of hydrogen-bond acceptors (Lipinski definition) is 4. The lowest BCUT2D eigenvalue weighted by Crippen LogP contribution is -2.46. The lowest BCUT2D eigenvalue weighted by molar-refractivity contribution is -0.120. The first-order chi connectivity index (χ1) is 15.0. The molecule has 0 saturated carbocycles. The Kier molecular flexibility index (Phi) is 4.83. The number of benzene rings is 3. The Labute approximate surface area is 182 Å². The van der Waals surface area contributed by atoms with Gasteiger partial charge in [0.2, 0.25) is 0 Å². The van der Waals surface area contributed by atoms with Gasteiger partial charge in [0.25, 0.3) is 11.8 Å². The number of piperazine rings is 1. The molecule has 1 fully saturated rings. The molecule has 0 N–H and O–H groups in total. The maximum atomic E-state index is 13.8. The highest BCUT2D eigenvalue weighted by molar-refractivity contribution is 6.46. The van der Waals surface area contributed by atoms with Gasteiger partial charge < -0.3 is 9.80 Å². The van der Waals surface area contributed by atoms with Crippen molar-refractivity contribution in [3.8, 4) is 0 Å². The zero-order valence-electron chi connectivity index (χ0n) is 17.8. The molecule has 0 atom stereocenters. The zero-order chi connectivity index (χ0) is 21.5. The highest BCUT2D eigenvalue weighted by atomic mass is 16.2. The molecule has 2 aliphatic heterocycles. The molecule has 3 aromatic rings. The first kappa shape index (κ1) is 19.5. The fourth-order valence-corrected chi connectivity index (χ4v) is 4.44. The predicted molar refractivity (Wildman–Crippen MR) is 124 cm³/mol. The Morgan fingerprint density at radius 3 is 2.16 bits per heavy atom. The van der Waals surface area contributed by atoms with Crippen molar-refractivity contribution in [1.82, 2.24) is 9.80 Å². The number of aryl methyl sites for hydroxylation is 1. The first-order valence-corrected chi connectivity index (χ1v) is 10.7. The Balaban J connectivity index is 1.65. The summed E-state index contributed by atoms with van der Waals surface area (Å²) in [5, 5.41) is 1.90. The third-order valence-corrected chi connectivity index (χ3v) is 6.23. The monoisotopic (exact) mass is 411 g/mol. The number of imide groups is 1. The van der Waals surface area contributed by atoms with Crippen LogP contribution in [0, 0.1) is 6.92 Å². The first-order valence-electron chi connectivity index (χ1n) is 10.7. The maximum Gasteiger partial charge on any atom is 0.282 e. The number of anilines is 1. The summed E-state index contributed by atoms with van der Waals surface area (Å²) in [5.41, 5.74) is 3.58. The van der Waals surface area contributed by atoms with Crippen molar-refractivity contribution >= 4 is 33.8 Å². The van der Waals surface area contributed by atoms with Gasteiger partial charge in [0, 0.05) is 31.6 Å². The van der Waals surface area contributed by atoms with Crippen molar-refractivity contribution in [3.05, 3.63) is 83.6 Å². The second-order valence-electron chi connectivity index (χ2n) is 8.32. The number of fused-ring (bicyclic) bond motifs is 1. The van der Waals surface area contributed by atoms with E-state index in [0.29, 0.717) is 17.0 Å². The Morgan fingerprint density at radius 1 is 0.742 bits per heavy atom. The van der Waals surface area contributed by atoms with Crippen LogP contribution in [-0.4, -0.2) is 54.8 Å². The van der Waals surface area contributed by atoms with E-state index in [-0.39, 0.29) is 11.8 Å². The summed E-state index contributed by atoms with van der Waals surface area (Å²) >= 11 is 0. The van der Waals surface area contributed by atoms with E-state index in [2.05, 4.69) is 16.8 Å². The second kappa shape index (κ2) is 7.67. The quantitative estimate of drug-likeness (QED) is 0.617. The molecule has 5 nitrogen and oxygen atoms in total. The van der Waals surface area contributed by atoms with Gasteiger partial charge in [0.05, 0.1) is 11.3 Å². The maximum absolute atomic E-state index is 13.8. The minimum atomic E-state index is -0.251. The van der Waals surface area contributed by atoms with Crippen LogP contribution in [-0.2, 0) is 9.59 Å². The number of amides is 2. The second-order valence-corrected chi connectivity index (χ2v) is 8.32. The van der Waals surface area contributed by atoms with Gasteiger partial charge >= 0.3 is 0 Å². The van der Waals surface area contributed by atoms with Crippen LogP contribution in [0.25, 0.3) is 16.3 Å². The smallest absolute Gasteiger partial charge is 0.282 e. The largest absolute Gasteiger partial charge is 0.364 e. The highest BCUT2D eigenvalue weighted by Gasteiger charge is 2.43. The van der Waals surface area contributed by atoms with Crippen LogP contribution in [0.2, 0.25) is 0 Å². The molecule has 0 unspecified atom stereocenters. The molecule has 0 aromatic heterocycles. The van der Waals surface area contributed by atoms with Crippen LogP contribution in [0.1, 0.15) is 11.1 Å². The third kappa shape index (κ3) is 3.31. The topological polar surface area (TPSA) is 43.9 Å². The van der Waals surface area contributed by atoms with Crippen molar-refractivity contribution in [1.29, 1.82) is 0 Å². The van der Waals surface area contributed by atoms with E-state index in [0.717, 1.165) is 48.1 Å². The van der Waals surface area contributed by atoms with E-state index in [1.54, 1.807) is 0 Å². The molecule has 1 saturated heterocycles. The van der Waals surface area contributed by atoms with Gasteiger partial charge in [-0.15, -0.1) is 0 Å². The molecule has 5 rings (SSSR count). The SMILES string of the molecule is Cc1ccc(C2=C(N3CCN(C)CC3)C(=O)N(c3cccc4ccccc34)C2=O)cc1. The number of rotatable bonds is 3. The molecule has 0 bridgehead atoms. The van der Waals surface area contributed by atoms with Crippen molar-refractivity contribution in [2.45, 2.75) is 6.92 Å². The number of carbonyl (C=O) groups is 2. The number of likely N-dealkylation sites (N-methyl/N-ethyl adjacent to an activating group) is 1. The predicted octanol–water partition coefficient (Wildman–Crippen LogP) is 3.68. The van der Waals surface area contributed by atoms with Crippen LogP contribution in [0.5, 0.6) is 0 Å². The molecule has 2 heterocycles. The van der Waals surface area contributed by atoms with Crippen molar-refractivity contribution in [2.75, 3.05) is 38.1 Å². The van der Waals surface area contributed by atoms with Crippen LogP contribution >= 0.6 is 0 Å². The van der Waals surface area contributed by atoms with E-state index in [1.165, 1.54) is 4.90 Å². The molecule has 31 heavy (non-hydrogen) atoms. The van der Waals surface area contributed by atoms with Crippen molar-refractivity contribution in [3.63, 3.8) is 0 Å². The molecule has 0 spiro atoms. The minimum absolute atomic E-state index is 0.235. The fourth-order valence-electron chi connectivity index (χ4n) is 4.44. The lowest BCUT2D eigenvalue weighted by Gasteiger charge is -2.34. The number of hydrogen-bond donors (Lipinski definition) is 0. The Morgan fingerprint density at radius 2 is 1.42 bits per heavy atom. The molecular weight excluding hydrogens is 386 g/mol. The summed E-state index contributed by atoms with van der Waals surface area (Å²) in [6.45, 7) is 5.19. The summed E-state index contributed by atoms with van der Waals surface area (Å²) < 4.78 is 0. The van der Waals surface area contributed by atoms with Crippen LogP contribution < -0.4 is 4.90 Å². The van der Waals surface area contributed by atoms with E-state index in [4.69, 9.17) is 0 Å². The van der Waals surface area contributed by atoms with E-state index in [1.807, 2.05) is 73.7 Å². The van der Waals surface area contributed by atoms with E-state index < -0.39 is 0 Å². The molecule has 2 amide bonds. The average molecular weight is 412 g/mol. The molecule has 0 aliphatic carbocycles. The van der Waals surface area contributed by atoms with Gasteiger partial charge in [0.15, 0.2) is 0 Å². The summed E-state index contributed by atoms with van der Waals surface area (Å²) in [6, 6.07) is 21.5. The highest BCUT2D eigenvalue weighted by Crippen LogP contribution is 2.38. The zero-order valence-corrected chi connectivity index (χ0v) is 17.8. The van der Waals surface area contributed by atoms with E-state index in [9.17, 15) is 9.59 Å². The van der Waals surface area contributed by atoms with Gasteiger partial charge in [-0.05, 0) is 31.0 Å². The van der Waals surface area contributed by atoms with E-state index >= 15 is 0 Å². The van der Waals surface area contributed by atoms with Crippen LogP contribution in [0.4, 0.5) is 5.69 Å². The van der Waals surface area contributed by atoms with Crippen LogP contribution in [0.15, 0.2) is 72.4 Å². The van der Waals surface area contributed by atoms with Gasteiger partial charge in [-0.2, -0.15) is 0 Å². The average Bonchev–Trinajstić information content (AvgIpc) is 3.04. The Hall–Kier alpha value is -3.44. The third-order valence-electron chi connectivity index (χ3n) is 6.23. The Bertz CT molecular complexity index is 1200. The van der Waals surface area contributed by atoms with Gasteiger partial charge in [0.1, 0.15) is 5.70 Å². The molecule has 5 heteroatoms. The standard InChI is InChI=1S/C26H25N3O2/c1-18-10-12-20(13-11-18)23-24(28-16-14-27(2)15-17-28)26(31)29(25(23)30)22-9-5-7-19-6-3-4-8-21(19)22/h3-13H,14-17H2,1-2H3. The molecular formula is C26H25N3O2. The van der Waals surface area contributed by atoms with Gasteiger partial charge in [-0.3, -0.25) is 9.59 Å². The normalized spacial score (nSPS) is 17.9. The fraction of sp³-hybridized carbons (Fsp3) is 0.231. The van der Waals surface area contributed by atoms with Gasteiger partial charge in [-0.1, -0.05) is 66.2 Å². The summed E-state index contributed by atoms with van der Waals surface area (Å²) in [7, 11) is 2.08. The molecule has 0 radical (unpaired) electrons. The summed E-state index contributed by atoms with van der Waals surface area (Å²) in [4.78, 5) is 33.2. The number of carbonyl (C=O) groups excluding carboxylic acids is 2. The lowest BCUT2D eigenvalue weighted by atomic mass is 10.0. The molecule has 3 aromatic carbocycles. The van der Waals surface area contributed by atoms with Gasteiger partial charge in [-0.25, -0.2) is 4.90 Å². The van der Waals surface area contributed by atoms with Crippen molar-refractivity contribution < 1.29 is 9.59 Å². The van der Waals surface area contributed by atoms with Crippen LogP contribution in [0.3, 0.4) is 0 Å². The summed E-state index contributed by atoms with van der Waals surface area (Å²) in [6.07, 6.45) is 0. The molecule has 2 aliphatic rings. The minimum Gasteiger partial charge on any atom is -0.364 e. The summed E-state index contributed by atoms with van der Waals surface area (Å²) in [5.74, 6) is -0.486. The molecule has 156 valence electrons.